The second kappa shape index (κ2) is 5.65. The molecule has 0 bridgehead atoms. The zero-order valence-corrected chi connectivity index (χ0v) is 12.5. The van der Waals surface area contributed by atoms with E-state index in [0.717, 1.165) is 17.0 Å². The van der Waals surface area contributed by atoms with Gasteiger partial charge in [-0.15, -0.1) is 0 Å². The van der Waals surface area contributed by atoms with Crippen molar-refractivity contribution in [3.05, 3.63) is 23.8 Å². The molecule has 1 aromatic rings. The quantitative estimate of drug-likeness (QED) is 0.874. The summed E-state index contributed by atoms with van der Waals surface area (Å²) in [6.45, 7) is 0.281. The van der Waals surface area contributed by atoms with Crippen molar-refractivity contribution in [1.82, 2.24) is 4.90 Å². The van der Waals surface area contributed by atoms with Crippen molar-refractivity contribution in [2.24, 2.45) is 5.73 Å². The SMILES string of the molecule is CN1CN(c2c(F)cc(N3CC(CN)OC3=O)cc2F)CC1=O. The highest BCUT2D eigenvalue weighted by molar-refractivity contribution is 5.90. The second-order valence-corrected chi connectivity index (χ2v) is 5.54. The Kier molecular flexibility index (Phi) is 3.80. The molecule has 0 aromatic heterocycles. The fraction of sp³-hybridized carbons (Fsp3) is 0.429. The lowest BCUT2D eigenvalue weighted by atomic mass is 10.2. The molecule has 2 aliphatic heterocycles. The van der Waals surface area contributed by atoms with Crippen molar-refractivity contribution in [2.45, 2.75) is 6.10 Å². The first kappa shape index (κ1) is 15.5. The number of anilines is 2. The summed E-state index contributed by atoms with van der Waals surface area (Å²) >= 11 is 0. The van der Waals surface area contributed by atoms with Crippen LogP contribution in [0.1, 0.15) is 0 Å². The zero-order valence-electron chi connectivity index (χ0n) is 12.5. The summed E-state index contributed by atoms with van der Waals surface area (Å²) in [4.78, 5) is 27.1. The van der Waals surface area contributed by atoms with Gasteiger partial charge < -0.3 is 20.3 Å². The van der Waals surface area contributed by atoms with Gasteiger partial charge >= 0.3 is 6.09 Å². The molecule has 3 rings (SSSR count). The van der Waals surface area contributed by atoms with Crippen LogP contribution in [0, 0.1) is 11.6 Å². The molecule has 0 spiro atoms. The number of hydrogen-bond donors (Lipinski definition) is 1. The normalized spacial score (nSPS) is 21.4. The summed E-state index contributed by atoms with van der Waals surface area (Å²) in [7, 11) is 1.56. The molecule has 0 saturated carbocycles. The Morgan fingerprint density at radius 1 is 1.30 bits per heavy atom. The third-order valence-corrected chi connectivity index (χ3v) is 3.90. The smallest absolute Gasteiger partial charge is 0.414 e. The lowest BCUT2D eigenvalue weighted by molar-refractivity contribution is -0.125. The number of rotatable bonds is 3. The van der Waals surface area contributed by atoms with Gasteiger partial charge in [0, 0.05) is 25.7 Å². The van der Waals surface area contributed by atoms with Gasteiger partial charge in [0.05, 0.1) is 25.4 Å². The Morgan fingerprint density at radius 3 is 2.43 bits per heavy atom. The highest BCUT2D eigenvalue weighted by Crippen LogP contribution is 2.32. The summed E-state index contributed by atoms with van der Waals surface area (Å²) in [5.74, 6) is -1.90. The number of nitrogens with zero attached hydrogens (tertiary/aromatic N) is 3. The lowest BCUT2D eigenvalue weighted by Crippen LogP contribution is -2.28. The molecule has 2 saturated heterocycles. The molecular weight excluding hydrogens is 310 g/mol. The van der Waals surface area contributed by atoms with Crippen molar-refractivity contribution in [3.63, 3.8) is 0 Å². The van der Waals surface area contributed by atoms with Crippen LogP contribution in [0.15, 0.2) is 12.1 Å². The summed E-state index contributed by atoms with van der Waals surface area (Å²) in [6, 6.07) is 2.11. The molecule has 7 nitrogen and oxygen atoms in total. The fourth-order valence-electron chi connectivity index (χ4n) is 2.68. The molecule has 2 fully saturated rings. The Bertz CT molecular complexity index is 646. The lowest BCUT2D eigenvalue weighted by Gasteiger charge is -2.21. The number of cyclic esters (lactones) is 1. The van der Waals surface area contributed by atoms with Gasteiger partial charge in [-0.1, -0.05) is 0 Å². The van der Waals surface area contributed by atoms with Crippen LogP contribution < -0.4 is 15.5 Å². The van der Waals surface area contributed by atoms with Crippen LogP contribution in [-0.2, 0) is 9.53 Å². The number of hydrogen-bond acceptors (Lipinski definition) is 5. The minimum atomic E-state index is -0.841. The average Bonchev–Trinajstić information content (AvgIpc) is 3.01. The Hall–Kier alpha value is -2.42. The number of ether oxygens (including phenoxy) is 1. The van der Waals surface area contributed by atoms with E-state index in [4.69, 9.17) is 10.5 Å². The van der Waals surface area contributed by atoms with Gasteiger partial charge in [0.15, 0.2) is 11.6 Å². The van der Waals surface area contributed by atoms with Gasteiger partial charge in [-0.05, 0) is 0 Å². The van der Waals surface area contributed by atoms with Gasteiger partial charge in [0.1, 0.15) is 11.8 Å². The van der Waals surface area contributed by atoms with E-state index in [-0.39, 0.29) is 43.6 Å². The monoisotopic (exact) mass is 326 g/mol. The van der Waals surface area contributed by atoms with Crippen molar-refractivity contribution < 1.29 is 23.1 Å². The van der Waals surface area contributed by atoms with E-state index in [1.54, 1.807) is 7.05 Å². The van der Waals surface area contributed by atoms with Gasteiger partial charge in [0.2, 0.25) is 5.91 Å². The first-order chi connectivity index (χ1) is 10.9. The molecule has 0 radical (unpaired) electrons. The number of carbonyl (C=O) groups excluding carboxylic acids is 2. The largest absolute Gasteiger partial charge is 0.443 e. The molecule has 1 atom stereocenters. The zero-order chi connectivity index (χ0) is 16.7. The van der Waals surface area contributed by atoms with E-state index < -0.39 is 23.8 Å². The minimum absolute atomic E-state index is 0.0589. The Labute approximate surface area is 131 Å². The van der Waals surface area contributed by atoms with Crippen molar-refractivity contribution >= 4 is 23.4 Å². The van der Waals surface area contributed by atoms with Gasteiger partial charge in [0.25, 0.3) is 0 Å². The molecule has 1 aromatic carbocycles. The molecule has 124 valence electrons. The first-order valence-corrected chi connectivity index (χ1v) is 7.07. The topological polar surface area (TPSA) is 79.1 Å². The van der Waals surface area contributed by atoms with E-state index in [1.807, 2.05) is 0 Å². The molecular formula is C14H16F2N4O3. The molecule has 2 heterocycles. The molecule has 2 amide bonds. The summed E-state index contributed by atoms with van der Waals surface area (Å²) in [5.41, 5.74) is 5.21. The third kappa shape index (κ3) is 2.67. The molecule has 23 heavy (non-hydrogen) atoms. The Balaban J connectivity index is 1.89. The highest BCUT2D eigenvalue weighted by atomic mass is 19.1. The predicted molar refractivity (Wildman–Crippen MR) is 78.0 cm³/mol. The van der Waals surface area contributed by atoms with Crippen LogP contribution in [0.2, 0.25) is 0 Å². The summed E-state index contributed by atoms with van der Waals surface area (Å²) in [6.07, 6.45) is -1.19. The number of likely N-dealkylation sites (N-methyl/N-ethyl adjacent to an activating group) is 1. The van der Waals surface area contributed by atoms with Gasteiger partial charge in [-0.25, -0.2) is 13.6 Å². The van der Waals surface area contributed by atoms with Crippen LogP contribution >= 0.6 is 0 Å². The molecule has 9 heteroatoms. The number of carbonyl (C=O) groups is 2. The second-order valence-electron chi connectivity index (χ2n) is 5.54. The van der Waals surface area contributed by atoms with Crippen molar-refractivity contribution in [1.29, 1.82) is 0 Å². The van der Waals surface area contributed by atoms with Crippen LogP contribution in [-0.4, -0.2) is 56.4 Å². The Morgan fingerprint density at radius 2 is 1.96 bits per heavy atom. The maximum Gasteiger partial charge on any atom is 0.414 e. The molecule has 2 aliphatic rings. The van der Waals surface area contributed by atoms with E-state index in [0.29, 0.717) is 0 Å². The van der Waals surface area contributed by atoms with Gasteiger partial charge in [-0.2, -0.15) is 0 Å². The molecule has 0 aliphatic carbocycles. The fourth-order valence-corrected chi connectivity index (χ4v) is 2.68. The number of amides is 2. The van der Waals surface area contributed by atoms with E-state index in [2.05, 4.69) is 0 Å². The number of benzene rings is 1. The van der Waals surface area contributed by atoms with Crippen LogP contribution in [0.4, 0.5) is 25.0 Å². The maximum atomic E-state index is 14.4. The minimum Gasteiger partial charge on any atom is -0.443 e. The van der Waals surface area contributed by atoms with E-state index in [1.165, 1.54) is 9.80 Å². The maximum absolute atomic E-state index is 14.4. The predicted octanol–water partition coefficient (Wildman–Crippen LogP) is 0.485. The van der Waals surface area contributed by atoms with Crippen LogP contribution in [0.3, 0.4) is 0 Å². The molecule has 1 unspecified atom stereocenters. The van der Waals surface area contributed by atoms with Gasteiger partial charge in [-0.3, -0.25) is 9.69 Å². The average molecular weight is 326 g/mol. The van der Waals surface area contributed by atoms with Crippen molar-refractivity contribution in [3.8, 4) is 0 Å². The van der Waals surface area contributed by atoms with Crippen LogP contribution in [0.25, 0.3) is 0 Å². The van der Waals surface area contributed by atoms with E-state index in [9.17, 15) is 18.4 Å². The number of halogens is 2. The third-order valence-electron chi connectivity index (χ3n) is 3.90. The molecule has 2 N–H and O–H groups in total. The standard InChI is InChI=1S/C14H16F2N4O3/c1-18-7-19(6-12(18)21)13-10(15)2-8(3-11(13)16)20-5-9(4-17)23-14(20)22/h2-3,9H,4-7,17H2,1H3. The van der Waals surface area contributed by atoms with Crippen molar-refractivity contribution in [2.75, 3.05) is 43.2 Å². The first-order valence-electron chi connectivity index (χ1n) is 7.07. The van der Waals surface area contributed by atoms with Crippen LogP contribution in [0.5, 0.6) is 0 Å². The summed E-state index contributed by atoms with van der Waals surface area (Å²) in [5, 5.41) is 0. The van der Waals surface area contributed by atoms with E-state index >= 15 is 0 Å². The highest BCUT2D eigenvalue weighted by Gasteiger charge is 2.34. The number of nitrogens with two attached hydrogens (primary N) is 1. The summed E-state index contributed by atoms with van der Waals surface area (Å²) < 4.78 is 33.7.